The Bertz CT molecular complexity index is 1360. The van der Waals surface area contributed by atoms with E-state index in [0.717, 1.165) is 24.3 Å². The molecular weight excluding hydrogens is 588 g/mol. The number of nitrogens with one attached hydrogen (secondary N) is 1. The van der Waals surface area contributed by atoms with Crippen molar-refractivity contribution >= 4 is 33.6 Å². The van der Waals surface area contributed by atoms with E-state index < -0.39 is 73.8 Å². The molecule has 1 atom stereocenters. The minimum Gasteiger partial charge on any atom is -0.441 e. The van der Waals surface area contributed by atoms with Gasteiger partial charge in [-0.2, -0.15) is 30.4 Å². The number of rotatable bonds is 8. The van der Waals surface area contributed by atoms with Gasteiger partial charge in [0.25, 0.3) is 6.10 Å². The fourth-order valence-electron chi connectivity index (χ4n) is 2.49. The number of nitro groups is 1. The van der Waals surface area contributed by atoms with Crippen molar-refractivity contribution in [1.29, 1.82) is 0 Å². The van der Waals surface area contributed by atoms with Crippen molar-refractivity contribution in [2.24, 2.45) is 0 Å². The molecule has 0 radical (unpaired) electrons. The van der Waals surface area contributed by atoms with Crippen molar-refractivity contribution in [2.75, 3.05) is 5.32 Å². The number of anilines is 1. The number of halogens is 8. The molecule has 0 saturated carbocycles. The molecule has 2 aromatic carbocycles. The second-order valence-corrected chi connectivity index (χ2v) is 8.38. The molecule has 214 valence electrons. The normalized spacial score (nSPS) is 13.3. The van der Waals surface area contributed by atoms with E-state index in [1.165, 1.54) is 0 Å². The number of benzene rings is 2. The van der Waals surface area contributed by atoms with E-state index in [4.69, 9.17) is 4.55 Å². The quantitative estimate of drug-likeness (QED) is 0.143. The summed E-state index contributed by atoms with van der Waals surface area (Å²) < 4.78 is 144. The number of esters is 1. The van der Waals surface area contributed by atoms with E-state index in [-0.39, 0.29) is 11.8 Å². The first kappa shape index (κ1) is 31.0. The Balaban J connectivity index is 2.30. The smallest absolute Gasteiger partial charge is 0.441 e. The maximum absolute atomic E-state index is 13.6. The van der Waals surface area contributed by atoms with Crippen molar-refractivity contribution in [2.45, 2.75) is 23.9 Å². The molecule has 0 spiro atoms. The highest BCUT2D eigenvalue weighted by Crippen LogP contribution is 2.39. The van der Waals surface area contributed by atoms with Crippen LogP contribution in [0.5, 0.6) is 11.5 Å². The molecule has 0 aliphatic rings. The first-order valence-electron chi connectivity index (χ1n) is 9.37. The number of hydrogen-bond donors (Lipinski definition) is 2. The molecule has 39 heavy (non-hydrogen) atoms. The summed E-state index contributed by atoms with van der Waals surface area (Å²) in [5.41, 5.74) is -2.53. The highest BCUT2D eigenvalue weighted by molar-refractivity contribution is 7.86. The standard InChI is InChI=1S/C18H10F8N2O10S/c19-16(20,21)14(17(22,23)39(33,34)35)37-13(29)8-1-6-11(28(31)32)12(7-8)36-15(30)27-9-2-4-10(5-3-9)38-18(24,25)26/h1-7,14H,(H,27,30)(H,33,34,35). The van der Waals surface area contributed by atoms with Crippen molar-refractivity contribution < 1.29 is 76.8 Å². The molecule has 2 aromatic rings. The predicted octanol–water partition coefficient (Wildman–Crippen LogP) is 4.67. The monoisotopic (exact) mass is 598 g/mol. The fourth-order valence-corrected chi connectivity index (χ4v) is 2.95. The largest absolute Gasteiger partial charge is 0.573 e. The zero-order chi connectivity index (χ0) is 30.0. The lowest BCUT2D eigenvalue weighted by Gasteiger charge is -2.26. The van der Waals surface area contributed by atoms with Crippen LogP contribution in [-0.4, -0.2) is 53.9 Å². The molecule has 2 rings (SSSR count). The van der Waals surface area contributed by atoms with E-state index in [0.29, 0.717) is 12.1 Å². The van der Waals surface area contributed by atoms with Gasteiger partial charge >= 0.3 is 45.7 Å². The predicted molar refractivity (Wildman–Crippen MR) is 108 cm³/mol. The topological polar surface area (TPSA) is 171 Å². The van der Waals surface area contributed by atoms with Gasteiger partial charge in [-0.1, -0.05) is 0 Å². The number of amides is 1. The average Bonchev–Trinajstić information content (AvgIpc) is 2.75. The highest BCUT2D eigenvalue weighted by atomic mass is 32.2. The number of nitrogens with zero attached hydrogens (tertiary/aromatic N) is 1. The lowest BCUT2D eigenvalue weighted by Crippen LogP contribution is -2.52. The Kier molecular flexibility index (Phi) is 8.60. The van der Waals surface area contributed by atoms with E-state index in [1.54, 1.807) is 0 Å². The van der Waals surface area contributed by atoms with Gasteiger partial charge in [0.1, 0.15) is 5.75 Å². The fraction of sp³-hybridized carbons (Fsp3) is 0.222. The van der Waals surface area contributed by atoms with Crippen LogP contribution in [0, 0.1) is 10.1 Å². The molecular formula is C18H10F8N2O10S. The maximum Gasteiger partial charge on any atom is 0.573 e. The summed E-state index contributed by atoms with van der Waals surface area (Å²) in [6, 6.07) is 4.21. The second-order valence-electron chi connectivity index (χ2n) is 6.89. The van der Waals surface area contributed by atoms with Crippen LogP contribution in [0.4, 0.5) is 51.3 Å². The summed E-state index contributed by atoms with van der Waals surface area (Å²) in [6.45, 7) is 0. The Labute approximate surface area is 209 Å². The lowest BCUT2D eigenvalue weighted by molar-refractivity contribution is -0.385. The van der Waals surface area contributed by atoms with E-state index >= 15 is 0 Å². The molecule has 0 saturated heterocycles. The number of alkyl halides is 8. The van der Waals surface area contributed by atoms with Crippen LogP contribution < -0.4 is 14.8 Å². The third-order valence-electron chi connectivity index (χ3n) is 4.10. The van der Waals surface area contributed by atoms with E-state index in [1.807, 2.05) is 5.32 Å². The number of carbonyl (C=O) groups is 2. The average molecular weight is 598 g/mol. The number of ether oxygens (including phenoxy) is 3. The molecule has 0 heterocycles. The van der Waals surface area contributed by atoms with Crippen LogP contribution in [-0.2, 0) is 14.9 Å². The molecule has 21 heteroatoms. The number of nitro benzene ring substituents is 1. The third-order valence-corrected chi connectivity index (χ3v) is 5.00. The van der Waals surface area contributed by atoms with Crippen LogP contribution in [0.3, 0.4) is 0 Å². The Morgan fingerprint density at radius 2 is 1.54 bits per heavy atom. The van der Waals surface area contributed by atoms with Crippen molar-refractivity contribution in [3.05, 3.63) is 58.1 Å². The van der Waals surface area contributed by atoms with E-state index in [9.17, 15) is 63.2 Å². The summed E-state index contributed by atoms with van der Waals surface area (Å²) in [5.74, 6) is -4.19. The molecule has 0 bridgehead atoms. The highest BCUT2D eigenvalue weighted by Gasteiger charge is 2.66. The van der Waals surface area contributed by atoms with Crippen LogP contribution in [0.2, 0.25) is 0 Å². The first-order valence-corrected chi connectivity index (χ1v) is 10.8. The Hall–Kier alpha value is -4.27. The summed E-state index contributed by atoms with van der Waals surface area (Å²) in [5, 5.41) is 7.01. The lowest BCUT2D eigenvalue weighted by atomic mass is 10.2. The molecule has 1 unspecified atom stereocenters. The summed E-state index contributed by atoms with van der Waals surface area (Å²) in [4.78, 5) is 34.1. The van der Waals surface area contributed by atoms with Crippen LogP contribution in [0.15, 0.2) is 42.5 Å². The molecule has 0 aromatic heterocycles. The molecule has 1 amide bonds. The van der Waals surface area contributed by atoms with Crippen LogP contribution in [0.1, 0.15) is 10.4 Å². The summed E-state index contributed by atoms with van der Waals surface area (Å²) in [7, 11) is -6.76. The molecule has 0 fully saturated rings. The van der Waals surface area contributed by atoms with Gasteiger partial charge in [-0.25, -0.2) is 9.59 Å². The zero-order valence-electron chi connectivity index (χ0n) is 18.1. The molecule has 0 aliphatic heterocycles. The van der Waals surface area contributed by atoms with Gasteiger partial charge in [-0.3, -0.25) is 20.0 Å². The van der Waals surface area contributed by atoms with Crippen molar-refractivity contribution in [3.63, 3.8) is 0 Å². The third kappa shape index (κ3) is 8.10. The summed E-state index contributed by atoms with van der Waals surface area (Å²) in [6.07, 6.45) is -17.6. The number of hydrogen-bond acceptors (Lipinski definition) is 9. The van der Waals surface area contributed by atoms with Crippen molar-refractivity contribution in [3.8, 4) is 11.5 Å². The Morgan fingerprint density at radius 1 is 0.974 bits per heavy atom. The van der Waals surface area contributed by atoms with Gasteiger partial charge in [-0.05, 0) is 30.3 Å². The van der Waals surface area contributed by atoms with E-state index in [2.05, 4.69) is 14.2 Å². The van der Waals surface area contributed by atoms with Gasteiger partial charge in [0.05, 0.1) is 10.5 Å². The second kappa shape index (κ2) is 10.8. The molecule has 2 N–H and O–H groups in total. The summed E-state index contributed by atoms with van der Waals surface area (Å²) >= 11 is 0. The molecule has 12 nitrogen and oxygen atoms in total. The number of carbonyl (C=O) groups excluding carboxylic acids is 2. The van der Waals surface area contributed by atoms with Gasteiger partial charge in [0.2, 0.25) is 5.75 Å². The SMILES string of the molecule is O=C(Nc1ccc(OC(F)(F)F)cc1)Oc1cc(C(=O)OC(C(F)(F)F)C(F)(F)S(=O)(=O)O)ccc1[N+](=O)[O-]. The minimum atomic E-state index is -6.76. The maximum atomic E-state index is 13.6. The van der Waals surface area contributed by atoms with Gasteiger partial charge < -0.3 is 14.2 Å². The Morgan fingerprint density at radius 3 is 2.00 bits per heavy atom. The van der Waals surface area contributed by atoms with Crippen LogP contribution in [0.25, 0.3) is 0 Å². The zero-order valence-corrected chi connectivity index (χ0v) is 18.9. The minimum absolute atomic E-state index is 0.208. The van der Waals surface area contributed by atoms with Crippen molar-refractivity contribution in [1.82, 2.24) is 0 Å². The van der Waals surface area contributed by atoms with Gasteiger partial charge in [0.15, 0.2) is 0 Å². The van der Waals surface area contributed by atoms with Crippen LogP contribution >= 0.6 is 0 Å². The first-order chi connectivity index (χ1) is 17.6. The van der Waals surface area contributed by atoms with Gasteiger partial charge in [0, 0.05) is 17.8 Å². The molecule has 0 aliphatic carbocycles. The van der Waals surface area contributed by atoms with Gasteiger partial charge in [-0.15, -0.1) is 13.2 Å².